The number of rotatable bonds is 5. The molecule has 0 saturated carbocycles. The summed E-state index contributed by atoms with van der Waals surface area (Å²) in [7, 11) is 0. The summed E-state index contributed by atoms with van der Waals surface area (Å²) in [5, 5.41) is -0.347. The summed E-state index contributed by atoms with van der Waals surface area (Å²) in [6.45, 7) is 1.73. The number of hydrogen-bond acceptors (Lipinski definition) is 4. The quantitative estimate of drug-likeness (QED) is 0.382. The number of para-hydroxylation sites is 1. The molecule has 0 unspecified atom stereocenters. The third-order valence-corrected chi connectivity index (χ3v) is 4.76. The van der Waals surface area contributed by atoms with Gasteiger partial charge in [0.1, 0.15) is 5.82 Å². The molecule has 1 aromatic heterocycles. The number of aromatic nitrogens is 2. The van der Waals surface area contributed by atoms with E-state index in [4.69, 9.17) is 0 Å². The van der Waals surface area contributed by atoms with Crippen LogP contribution >= 0.6 is 11.8 Å². The summed E-state index contributed by atoms with van der Waals surface area (Å²) in [6.07, 6.45) is -4.90. The van der Waals surface area contributed by atoms with Gasteiger partial charge in [0.2, 0.25) is 5.91 Å². The molecule has 1 amide bonds. The summed E-state index contributed by atoms with van der Waals surface area (Å²) in [5.41, 5.74) is 0.414. The van der Waals surface area contributed by atoms with E-state index < -0.39 is 34.5 Å². The van der Waals surface area contributed by atoms with Gasteiger partial charge in [0.25, 0.3) is 5.56 Å². The Labute approximate surface area is 166 Å². The van der Waals surface area contributed by atoms with Crippen molar-refractivity contribution in [2.75, 3.05) is 11.2 Å². The van der Waals surface area contributed by atoms with Gasteiger partial charge in [-0.3, -0.25) is 15.0 Å². The molecule has 0 aliphatic heterocycles. The molecule has 0 aliphatic rings. The van der Waals surface area contributed by atoms with Gasteiger partial charge in [0.05, 0.1) is 22.9 Å². The molecule has 0 aliphatic carbocycles. The number of halogens is 4. The van der Waals surface area contributed by atoms with Crippen molar-refractivity contribution in [2.24, 2.45) is 0 Å². The molecule has 152 valence electrons. The van der Waals surface area contributed by atoms with Crippen molar-refractivity contribution < 1.29 is 22.4 Å². The molecule has 29 heavy (non-hydrogen) atoms. The van der Waals surface area contributed by atoms with Gasteiger partial charge < -0.3 is 0 Å². The lowest BCUT2D eigenvalue weighted by atomic mass is 10.1. The Morgan fingerprint density at radius 3 is 2.59 bits per heavy atom. The normalized spacial score (nSPS) is 11.6. The molecular formula is C19H15F4N3O2S. The molecule has 3 aromatic rings. The number of nitrogens with one attached hydrogen (secondary N) is 1. The predicted molar refractivity (Wildman–Crippen MR) is 102 cm³/mol. The summed E-state index contributed by atoms with van der Waals surface area (Å²) >= 11 is 1.01. The zero-order valence-corrected chi connectivity index (χ0v) is 15.9. The SMILES string of the molecule is CCSc1nc2c(C(F)(F)F)cccc2c(=O)n1NC(=O)Cc1cccc(F)c1. The number of carbonyl (C=O) groups excluding carboxylic acids is 1. The second kappa shape index (κ2) is 8.24. The maximum atomic E-state index is 13.3. The number of thioether (sulfide) groups is 1. The third kappa shape index (κ3) is 4.58. The van der Waals surface area contributed by atoms with Gasteiger partial charge >= 0.3 is 6.18 Å². The standard InChI is InChI=1S/C19H15F4N3O2S/c1-2-29-18-24-16-13(7-4-8-14(16)19(21,22)23)17(28)26(18)25-15(27)10-11-5-3-6-12(20)9-11/h3-9H,2,10H2,1H3,(H,25,27). The number of fused-ring (bicyclic) bond motifs is 1. The van der Waals surface area contributed by atoms with Crippen molar-refractivity contribution in [1.29, 1.82) is 0 Å². The highest BCUT2D eigenvalue weighted by atomic mass is 32.2. The van der Waals surface area contributed by atoms with Gasteiger partial charge in [-0.1, -0.05) is 36.9 Å². The van der Waals surface area contributed by atoms with Crippen LogP contribution in [0.4, 0.5) is 17.6 Å². The minimum absolute atomic E-state index is 0.0747. The van der Waals surface area contributed by atoms with Crippen LogP contribution in [0.1, 0.15) is 18.1 Å². The number of hydrogen-bond donors (Lipinski definition) is 1. The Morgan fingerprint density at radius 1 is 1.21 bits per heavy atom. The highest BCUT2D eigenvalue weighted by Crippen LogP contribution is 2.33. The van der Waals surface area contributed by atoms with E-state index in [1.54, 1.807) is 13.0 Å². The average molecular weight is 425 g/mol. The Balaban J connectivity index is 2.05. The highest BCUT2D eigenvalue weighted by molar-refractivity contribution is 7.99. The molecule has 0 spiro atoms. The highest BCUT2D eigenvalue weighted by Gasteiger charge is 2.34. The van der Waals surface area contributed by atoms with E-state index in [1.807, 2.05) is 0 Å². The second-order valence-corrected chi connectivity index (χ2v) is 7.24. The molecule has 1 N–H and O–H groups in total. The lowest BCUT2D eigenvalue weighted by molar-refractivity contribution is -0.136. The first-order valence-electron chi connectivity index (χ1n) is 8.50. The van der Waals surface area contributed by atoms with Crippen molar-refractivity contribution in [3.05, 3.63) is 69.8 Å². The van der Waals surface area contributed by atoms with Gasteiger partial charge in [-0.2, -0.15) is 17.8 Å². The Bertz CT molecular complexity index is 1130. The molecule has 1 heterocycles. The van der Waals surface area contributed by atoms with Crippen LogP contribution in [-0.2, 0) is 17.4 Å². The van der Waals surface area contributed by atoms with Crippen LogP contribution < -0.4 is 11.0 Å². The molecule has 0 fully saturated rings. The molecule has 0 saturated heterocycles. The molecule has 0 radical (unpaired) electrons. The van der Waals surface area contributed by atoms with Gasteiger partial charge in [-0.05, 0) is 35.6 Å². The van der Waals surface area contributed by atoms with Gasteiger partial charge in [-0.25, -0.2) is 9.37 Å². The van der Waals surface area contributed by atoms with Crippen LogP contribution in [0.15, 0.2) is 52.4 Å². The van der Waals surface area contributed by atoms with Crippen LogP contribution in [0.5, 0.6) is 0 Å². The van der Waals surface area contributed by atoms with E-state index in [-0.39, 0.29) is 17.0 Å². The summed E-state index contributed by atoms with van der Waals surface area (Å²) < 4.78 is 54.0. The summed E-state index contributed by atoms with van der Waals surface area (Å²) in [5.74, 6) is -0.739. The smallest absolute Gasteiger partial charge is 0.273 e. The number of nitrogens with zero attached hydrogens (tertiary/aromatic N) is 2. The van der Waals surface area contributed by atoms with Crippen LogP contribution in [0, 0.1) is 5.82 Å². The van der Waals surface area contributed by atoms with Crippen molar-refractivity contribution in [2.45, 2.75) is 24.7 Å². The van der Waals surface area contributed by atoms with Crippen LogP contribution in [0.25, 0.3) is 10.9 Å². The fourth-order valence-corrected chi connectivity index (χ4v) is 3.41. The zero-order valence-electron chi connectivity index (χ0n) is 15.1. The zero-order chi connectivity index (χ0) is 21.2. The molecule has 10 heteroatoms. The van der Waals surface area contributed by atoms with Crippen molar-refractivity contribution in [3.8, 4) is 0 Å². The molecule has 5 nitrogen and oxygen atoms in total. The Hall–Kier alpha value is -2.88. The first-order chi connectivity index (χ1) is 13.7. The Kier molecular flexibility index (Phi) is 5.92. The number of alkyl halides is 3. The Morgan fingerprint density at radius 2 is 1.93 bits per heavy atom. The van der Waals surface area contributed by atoms with E-state index in [2.05, 4.69) is 10.4 Å². The van der Waals surface area contributed by atoms with Gasteiger partial charge in [0, 0.05) is 0 Å². The average Bonchev–Trinajstić information content (AvgIpc) is 2.64. The lowest BCUT2D eigenvalue weighted by Crippen LogP contribution is -2.36. The minimum atomic E-state index is -4.68. The van der Waals surface area contributed by atoms with Gasteiger partial charge in [0.15, 0.2) is 5.16 Å². The lowest BCUT2D eigenvalue weighted by Gasteiger charge is -2.15. The van der Waals surface area contributed by atoms with E-state index in [0.29, 0.717) is 11.3 Å². The summed E-state index contributed by atoms with van der Waals surface area (Å²) in [6, 6.07) is 8.57. The van der Waals surface area contributed by atoms with E-state index in [0.717, 1.165) is 28.6 Å². The molecule has 0 atom stereocenters. The maximum absolute atomic E-state index is 13.3. The fourth-order valence-electron chi connectivity index (χ4n) is 2.74. The van der Waals surface area contributed by atoms with Crippen LogP contribution in [0.3, 0.4) is 0 Å². The molecular weight excluding hydrogens is 410 g/mol. The van der Waals surface area contributed by atoms with E-state index in [9.17, 15) is 27.2 Å². The van der Waals surface area contributed by atoms with E-state index in [1.165, 1.54) is 24.3 Å². The fraction of sp³-hybridized carbons (Fsp3) is 0.211. The monoisotopic (exact) mass is 425 g/mol. The van der Waals surface area contributed by atoms with Crippen LogP contribution in [-0.4, -0.2) is 21.3 Å². The number of benzene rings is 2. The molecule has 2 aromatic carbocycles. The third-order valence-electron chi connectivity index (χ3n) is 3.94. The van der Waals surface area contributed by atoms with Gasteiger partial charge in [-0.15, -0.1) is 0 Å². The summed E-state index contributed by atoms with van der Waals surface area (Å²) in [4.78, 5) is 29.2. The van der Waals surface area contributed by atoms with Crippen molar-refractivity contribution in [1.82, 2.24) is 9.66 Å². The van der Waals surface area contributed by atoms with Crippen LogP contribution in [0.2, 0.25) is 0 Å². The number of amides is 1. The van der Waals surface area contributed by atoms with Crippen molar-refractivity contribution >= 4 is 28.6 Å². The number of carbonyl (C=O) groups is 1. The minimum Gasteiger partial charge on any atom is -0.273 e. The topological polar surface area (TPSA) is 64.0 Å². The first-order valence-corrected chi connectivity index (χ1v) is 9.49. The second-order valence-electron chi connectivity index (χ2n) is 6.01. The largest absolute Gasteiger partial charge is 0.418 e. The maximum Gasteiger partial charge on any atom is 0.418 e. The molecule has 0 bridgehead atoms. The molecule has 3 rings (SSSR count). The van der Waals surface area contributed by atoms with Crippen molar-refractivity contribution in [3.63, 3.8) is 0 Å². The van der Waals surface area contributed by atoms with E-state index >= 15 is 0 Å². The predicted octanol–water partition coefficient (Wildman–Crippen LogP) is 3.98. The first kappa shape index (κ1) is 20.8.